The van der Waals surface area contributed by atoms with Crippen molar-refractivity contribution in [2.24, 2.45) is 0 Å². The van der Waals surface area contributed by atoms with E-state index in [2.05, 4.69) is 13.8 Å². The lowest BCUT2D eigenvalue weighted by Crippen LogP contribution is -2.07. The quantitative estimate of drug-likeness (QED) is 0.217. The Hall–Kier alpha value is -0.790. The van der Waals surface area contributed by atoms with Gasteiger partial charge in [0.2, 0.25) is 0 Å². The van der Waals surface area contributed by atoms with Gasteiger partial charge < -0.3 is 4.74 Å². The molecule has 0 aliphatic heterocycles. The molecule has 0 rings (SSSR count). The van der Waals surface area contributed by atoms with E-state index in [-0.39, 0.29) is 5.97 Å². The molecule has 0 unspecified atom stereocenters. The zero-order chi connectivity index (χ0) is 15.8. The molecule has 0 aliphatic rings. The van der Waals surface area contributed by atoms with Crippen LogP contribution in [0.2, 0.25) is 0 Å². The standard InChI is InChI=1S/C19H36O2/c1-4-6-8-9-10-11-12-13-14-15-17-21-19(20)18(3)16-7-5-2/h16H,4-15,17H2,1-3H3/b18-16+. The second kappa shape index (κ2) is 15.6. The van der Waals surface area contributed by atoms with Gasteiger partial charge in [0.25, 0.3) is 0 Å². The van der Waals surface area contributed by atoms with Crippen LogP contribution in [0.5, 0.6) is 0 Å². The Bertz CT molecular complexity index is 269. The lowest BCUT2D eigenvalue weighted by atomic mass is 10.1. The van der Waals surface area contributed by atoms with Crippen LogP contribution >= 0.6 is 0 Å². The van der Waals surface area contributed by atoms with Gasteiger partial charge in [-0.05, 0) is 19.8 Å². The molecule has 124 valence electrons. The minimum atomic E-state index is -0.139. The lowest BCUT2D eigenvalue weighted by Gasteiger charge is -2.05. The van der Waals surface area contributed by atoms with E-state index < -0.39 is 0 Å². The SMILES string of the molecule is CCC/C=C(\C)C(=O)OCCCCCCCCCCCC. The minimum Gasteiger partial charge on any atom is -0.462 e. The van der Waals surface area contributed by atoms with E-state index in [0.29, 0.717) is 6.61 Å². The third-order valence-electron chi connectivity index (χ3n) is 3.79. The first kappa shape index (κ1) is 20.2. The largest absolute Gasteiger partial charge is 0.462 e. The first-order valence-electron chi connectivity index (χ1n) is 9.06. The second-order valence-electron chi connectivity index (χ2n) is 5.99. The molecule has 0 saturated carbocycles. The molecule has 0 bridgehead atoms. The second-order valence-corrected chi connectivity index (χ2v) is 5.99. The Morgan fingerprint density at radius 3 is 1.86 bits per heavy atom. The molecule has 0 aromatic rings. The van der Waals surface area contributed by atoms with Crippen LogP contribution in [0.4, 0.5) is 0 Å². The monoisotopic (exact) mass is 296 g/mol. The molecule has 0 atom stereocenters. The zero-order valence-electron chi connectivity index (χ0n) is 14.6. The fourth-order valence-corrected chi connectivity index (χ4v) is 2.31. The third kappa shape index (κ3) is 13.9. The predicted molar refractivity (Wildman–Crippen MR) is 91.5 cm³/mol. The Labute approximate surface area is 132 Å². The number of allylic oxidation sites excluding steroid dienone is 1. The molecule has 2 nitrogen and oxygen atoms in total. The maximum absolute atomic E-state index is 11.6. The van der Waals surface area contributed by atoms with Gasteiger partial charge in [-0.3, -0.25) is 0 Å². The van der Waals surface area contributed by atoms with E-state index in [9.17, 15) is 4.79 Å². The molecule has 0 amide bonds. The zero-order valence-corrected chi connectivity index (χ0v) is 14.6. The highest BCUT2D eigenvalue weighted by Crippen LogP contribution is 2.10. The van der Waals surface area contributed by atoms with Crippen LogP contribution in [-0.4, -0.2) is 12.6 Å². The highest BCUT2D eigenvalue weighted by molar-refractivity contribution is 5.87. The molecular weight excluding hydrogens is 260 g/mol. The number of hydrogen-bond donors (Lipinski definition) is 0. The molecule has 0 radical (unpaired) electrons. The van der Waals surface area contributed by atoms with Crippen LogP contribution in [0.3, 0.4) is 0 Å². The van der Waals surface area contributed by atoms with E-state index in [0.717, 1.165) is 24.8 Å². The molecule has 0 heterocycles. The molecular formula is C19H36O2. The number of esters is 1. The molecule has 0 aromatic heterocycles. The summed E-state index contributed by atoms with van der Waals surface area (Å²) in [5.41, 5.74) is 0.754. The molecule has 0 aliphatic carbocycles. The van der Waals surface area contributed by atoms with Crippen molar-refractivity contribution in [2.75, 3.05) is 6.61 Å². The summed E-state index contributed by atoms with van der Waals surface area (Å²) >= 11 is 0. The van der Waals surface area contributed by atoms with Crippen LogP contribution in [0.25, 0.3) is 0 Å². The summed E-state index contributed by atoms with van der Waals surface area (Å²) in [6.45, 7) is 6.79. The topological polar surface area (TPSA) is 26.3 Å². The van der Waals surface area contributed by atoms with E-state index in [1.807, 2.05) is 13.0 Å². The van der Waals surface area contributed by atoms with Crippen molar-refractivity contribution in [3.05, 3.63) is 11.6 Å². The van der Waals surface area contributed by atoms with Gasteiger partial charge in [0.05, 0.1) is 6.61 Å². The van der Waals surface area contributed by atoms with Gasteiger partial charge in [-0.15, -0.1) is 0 Å². The van der Waals surface area contributed by atoms with Gasteiger partial charge in [0, 0.05) is 5.57 Å². The molecule has 2 heteroatoms. The number of rotatable bonds is 14. The fourth-order valence-electron chi connectivity index (χ4n) is 2.31. The van der Waals surface area contributed by atoms with Gasteiger partial charge in [-0.25, -0.2) is 4.79 Å². The van der Waals surface area contributed by atoms with Crippen LogP contribution in [0.15, 0.2) is 11.6 Å². The smallest absolute Gasteiger partial charge is 0.333 e. The Balaban J connectivity index is 3.30. The van der Waals surface area contributed by atoms with Gasteiger partial charge in [-0.2, -0.15) is 0 Å². The van der Waals surface area contributed by atoms with Gasteiger partial charge in [0.15, 0.2) is 0 Å². The molecule has 0 N–H and O–H groups in total. The third-order valence-corrected chi connectivity index (χ3v) is 3.79. The molecule has 0 spiro atoms. The molecule has 0 aromatic carbocycles. The van der Waals surface area contributed by atoms with Crippen molar-refractivity contribution >= 4 is 5.97 Å². The first-order valence-corrected chi connectivity index (χ1v) is 9.06. The van der Waals surface area contributed by atoms with Gasteiger partial charge >= 0.3 is 5.97 Å². The van der Waals surface area contributed by atoms with E-state index in [4.69, 9.17) is 4.74 Å². The lowest BCUT2D eigenvalue weighted by molar-refractivity contribution is -0.139. The van der Waals surface area contributed by atoms with E-state index in [1.54, 1.807) is 0 Å². The summed E-state index contributed by atoms with van der Waals surface area (Å²) in [7, 11) is 0. The normalized spacial score (nSPS) is 11.7. The highest BCUT2D eigenvalue weighted by Gasteiger charge is 2.04. The average Bonchev–Trinajstić information content (AvgIpc) is 2.49. The van der Waals surface area contributed by atoms with E-state index in [1.165, 1.54) is 57.8 Å². The van der Waals surface area contributed by atoms with Crippen molar-refractivity contribution in [2.45, 2.75) is 97.8 Å². The van der Waals surface area contributed by atoms with Crippen LogP contribution < -0.4 is 0 Å². The summed E-state index contributed by atoms with van der Waals surface area (Å²) in [5, 5.41) is 0. The molecule has 0 fully saturated rings. The minimum absolute atomic E-state index is 0.139. The summed E-state index contributed by atoms with van der Waals surface area (Å²) in [5.74, 6) is -0.139. The van der Waals surface area contributed by atoms with Crippen LogP contribution in [-0.2, 0) is 9.53 Å². The van der Waals surface area contributed by atoms with Gasteiger partial charge in [0.1, 0.15) is 0 Å². The van der Waals surface area contributed by atoms with Crippen molar-refractivity contribution in [1.82, 2.24) is 0 Å². The number of carbonyl (C=O) groups is 1. The van der Waals surface area contributed by atoms with E-state index >= 15 is 0 Å². The number of unbranched alkanes of at least 4 members (excludes halogenated alkanes) is 10. The molecule has 21 heavy (non-hydrogen) atoms. The predicted octanol–water partition coefficient (Wildman–Crippen LogP) is 6.20. The van der Waals surface area contributed by atoms with Gasteiger partial charge in [-0.1, -0.05) is 84.1 Å². The maximum Gasteiger partial charge on any atom is 0.333 e. The number of carbonyl (C=O) groups excluding carboxylic acids is 1. The number of hydrogen-bond acceptors (Lipinski definition) is 2. The van der Waals surface area contributed by atoms with Crippen molar-refractivity contribution in [3.63, 3.8) is 0 Å². The molecule has 0 saturated heterocycles. The first-order chi connectivity index (χ1) is 10.2. The highest BCUT2D eigenvalue weighted by atomic mass is 16.5. The fraction of sp³-hybridized carbons (Fsp3) is 0.842. The Morgan fingerprint density at radius 2 is 1.33 bits per heavy atom. The average molecular weight is 296 g/mol. The van der Waals surface area contributed by atoms with Crippen LogP contribution in [0, 0.1) is 0 Å². The summed E-state index contributed by atoms with van der Waals surface area (Å²) in [6.07, 6.45) is 17.0. The Kier molecular flexibility index (Phi) is 15.0. The van der Waals surface area contributed by atoms with Crippen molar-refractivity contribution < 1.29 is 9.53 Å². The van der Waals surface area contributed by atoms with Crippen LogP contribution in [0.1, 0.15) is 97.8 Å². The summed E-state index contributed by atoms with van der Waals surface area (Å²) < 4.78 is 5.27. The summed E-state index contributed by atoms with van der Waals surface area (Å²) in [4.78, 5) is 11.6. The summed E-state index contributed by atoms with van der Waals surface area (Å²) in [6, 6.07) is 0. The number of ether oxygens (including phenoxy) is 1. The van der Waals surface area contributed by atoms with Crippen molar-refractivity contribution in [3.8, 4) is 0 Å². The Morgan fingerprint density at radius 1 is 0.810 bits per heavy atom. The maximum atomic E-state index is 11.6. The van der Waals surface area contributed by atoms with Crippen molar-refractivity contribution in [1.29, 1.82) is 0 Å².